The third-order valence-electron chi connectivity index (χ3n) is 4.54. The van der Waals surface area contributed by atoms with Crippen LogP contribution in [0.4, 0.5) is 15.8 Å². The number of hydrogen-bond acceptors (Lipinski definition) is 4. The molecule has 3 rings (SSSR count). The molecule has 0 aliphatic carbocycles. The number of anilines is 2. The molecule has 1 atom stereocenters. The maximum atomic E-state index is 15.2. The van der Waals surface area contributed by atoms with Crippen LogP contribution in [0.25, 0.3) is 5.69 Å². The minimum absolute atomic E-state index is 0.190. The van der Waals surface area contributed by atoms with Crippen molar-refractivity contribution in [2.75, 3.05) is 4.90 Å². The Balaban J connectivity index is 2.12. The summed E-state index contributed by atoms with van der Waals surface area (Å²) in [6, 6.07) is 14.3. The molecule has 0 aliphatic rings. The van der Waals surface area contributed by atoms with E-state index in [1.165, 1.54) is 53.2 Å². The molecule has 3 aromatic rings. The first-order valence-electron chi connectivity index (χ1n) is 9.18. The van der Waals surface area contributed by atoms with Gasteiger partial charge < -0.3 is 10.8 Å². The van der Waals surface area contributed by atoms with Crippen LogP contribution in [-0.2, 0) is 9.59 Å². The Morgan fingerprint density at radius 2 is 1.84 bits per heavy atom. The number of pyridine rings is 1. The molecule has 0 spiro atoms. The fraction of sp³-hybridized carbons (Fsp3) is 0.136. The van der Waals surface area contributed by atoms with Gasteiger partial charge in [0.2, 0.25) is 5.91 Å². The molecule has 1 aromatic heterocycles. The topological polar surface area (TPSA) is 106 Å². The number of rotatable bonds is 6. The van der Waals surface area contributed by atoms with E-state index in [1.807, 2.05) is 0 Å². The molecular weight excluding hydrogens is 425 g/mol. The fourth-order valence-corrected chi connectivity index (χ4v) is 3.21. The van der Waals surface area contributed by atoms with E-state index in [1.54, 1.807) is 12.1 Å². The average Bonchev–Trinajstić information content (AvgIpc) is 2.70. The Kier molecular flexibility index (Phi) is 6.24. The van der Waals surface area contributed by atoms with Gasteiger partial charge in [-0.3, -0.25) is 23.9 Å². The molecule has 2 aromatic carbocycles. The minimum atomic E-state index is -2.19. The number of halogens is 2. The van der Waals surface area contributed by atoms with Crippen molar-refractivity contribution in [2.45, 2.75) is 18.9 Å². The number of benzene rings is 2. The summed E-state index contributed by atoms with van der Waals surface area (Å²) in [5.74, 6) is -2.68. The van der Waals surface area contributed by atoms with E-state index in [4.69, 9.17) is 17.3 Å². The lowest BCUT2D eigenvalue weighted by Gasteiger charge is -2.31. The van der Waals surface area contributed by atoms with E-state index in [-0.39, 0.29) is 22.6 Å². The average molecular weight is 444 g/mol. The molecule has 31 heavy (non-hydrogen) atoms. The van der Waals surface area contributed by atoms with Crippen molar-refractivity contribution in [3.8, 4) is 5.69 Å². The molecule has 0 saturated carbocycles. The van der Waals surface area contributed by atoms with Crippen LogP contribution >= 0.6 is 11.6 Å². The van der Waals surface area contributed by atoms with Gasteiger partial charge in [0.05, 0.1) is 17.8 Å². The first-order chi connectivity index (χ1) is 14.6. The largest absolute Gasteiger partial charge is 0.380 e. The number of amides is 2. The summed E-state index contributed by atoms with van der Waals surface area (Å²) in [6.07, 6.45) is 0.825. The van der Waals surface area contributed by atoms with Gasteiger partial charge in [0.15, 0.2) is 0 Å². The van der Waals surface area contributed by atoms with Crippen LogP contribution in [0.2, 0.25) is 5.02 Å². The first kappa shape index (κ1) is 22.2. The van der Waals surface area contributed by atoms with E-state index >= 15 is 4.39 Å². The number of nitrogens with two attached hydrogens (primary N) is 1. The summed E-state index contributed by atoms with van der Waals surface area (Å²) in [7, 11) is 0. The Morgan fingerprint density at radius 1 is 1.16 bits per heavy atom. The maximum absolute atomic E-state index is 15.2. The lowest BCUT2D eigenvalue weighted by molar-refractivity contribution is -0.139. The SMILES string of the molecule is C[C@](O)(CC(N)=O)C(=O)N(c1ccc(Cl)cc1)c1ccc(-n2ccccc2=O)cc1F. The first-order valence-corrected chi connectivity index (χ1v) is 9.56. The van der Waals surface area contributed by atoms with Crippen molar-refractivity contribution >= 4 is 34.8 Å². The molecule has 9 heteroatoms. The van der Waals surface area contributed by atoms with E-state index < -0.39 is 29.7 Å². The van der Waals surface area contributed by atoms with Gasteiger partial charge in [0, 0.05) is 29.0 Å². The maximum Gasteiger partial charge on any atom is 0.263 e. The summed E-state index contributed by atoms with van der Waals surface area (Å²) in [4.78, 5) is 37.5. The van der Waals surface area contributed by atoms with Crippen LogP contribution in [0, 0.1) is 5.82 Å². The lowest BCUT2D eigenvalue weighted by Crippen LogP contribution is -2.47. The highest BCUT2D eigenvalue weighted by atomic mass is 35.5. The van der Waals surface area contributed by atoms with Gasteiger partial charge in [-0.15, -0.1) is 0 Å². The molecule has 7 nitrogen and oxygen atoms in total. The van der Waals surface area contributed by atoms with E-state index in [2.05, 4.69) is 0 Å². The van der Waals surface area contributed by atoms with Gasteiger partial charge >= 0.3 is 0 Å². The van der Waals surface area contributed by atoms with Crippen LogP contribution in [0.1, 0.15) is 13.3 Å². The van der Waals surface area contributed by atoms with Crippen LogP contribution in [0.15, 0.2) is 71.7 Å². The normalized spacial score (nSPS) is 12.8. The molecule has 0 bridgehead atoms. The molecule has 2 amide bonds. The number of primary amides is 1. The number of carbonyl (C=O) groups is 2. The van der Waals surface area contributed by atoms with Crippen molar-refractivity contribution in [1.29, 1.82) is 0 Å². The molecule has 1 heterocycles. The number of hydrogen-bond donors (Lipinski definition) is 2. The third kappa shape index (κ3) is 4.82. The second kappa shape index (κ2) is 8.71. The monoisotopic (exact) mass is 443 g/mol. The standard InChI is InChI=1S/C22H19ClFN3O4/c1-22(31,13-19(25)28)21(30)27(15-7-5-14(23)6-8-15)18-10-9-16(12-17(18)24)26-11-3-2-4-20(26)29/h2-12,31H,13H2,1H3,(H2,25,28)/t22-/m0/s1. The molecule has 3 N–H and O–H groups in total. The van der Waals surface area contributed by atoms with Crippen LogP contribution in [0.5, 0.6) is 0 Å². The zero-order chi connectivity index (χ0) is 22.8. The van der Waals surface area contributed by atoms with E-state index in [0.29, 0.717) is 5.02 Å². The van der Waals surface area contributed by atoms with Crippen LogP contribution in [-0.4, -0.2) is 27.1 Å². The van der Waals surface area contributed by atoms with Gasteiger partial charge in [-0.25, -0.2) is 4.39 Å². The zero-order valence-corrected chi connectivity index (χ0v) is 17.2. The predicted octanol–water partition coefficient (Wildman–Crippen LogP) is 2.92. The van der Waals surface area contributed by atoms with E-state index in [0.717, 1.165) is 17.9 Å². The molecule has 0 unspecified atom stereocenters. The Morgan fingerprint density at radius 3 is 2.42 bits per heavy atom. The van der Waals surface area contributed by atoms with Gasteiger partial charge in [-0.1, -0.05) is 17.7 Å². The molecule has 0 saturated heterocycles. The Bertz CT molecular complexity index is 1190. The van der Waals surface area contributed by atoms with Crippen molar-refractivity contribution in [1.82, 2.24) is 4.57 Å². The highest BCUT2D eigenvalue weighted by Crippen LogP contribution is 2.33. The fourth-order valence-electron chi connectivity index (χ4n) is 3.08. The van der Waals surface area contributed by atoms with Gasteiger partial charge in [-0.2, -0.15) is 0 Å². The molecule has 0 radical (unpaired) electrons. The van der Waals surface area contributed by atoms with Crippen molar-refractivity contribution < 1.29 is 19.1 Å². The summed E-state index contributed by atoms with van der Waals surface area (Å²) in [5.41, 5.74) is 2.87. The lowest BCUT2D eigenvalue weighted by atomic mass is 9.99. The number of carbonyl (C=O) groups excluding carboxylic acids is 2. The quantitative estimate of drug-likeness (QED) is 0.611. The molecule has 0 aliphatic heterocycles. The zero-order valence-electron chi connectivity index (χ0n) is 16.5. The summed E-state index contributed by atoms with van der Waals surface area (Å²) in [6.45, 7) is 1.12. The predicted molar refractivity (Wildman–Crippen MR) is 115 cm³/mol. The van der Waals surface area contributed by atoms with Crippen LogP contribution in [0.3, 0.4) is 0 Å². The highest BCUT2D eigenvalue weighted by Gasteiger charge is 2.38. The van der Waals surface area contributed by atoms with Gasteiger partial charge in [0.1, 0.15) is 11.4 Å². The van der Waals surface area contributed by atoms with Crippen molar-refractivity contribution in [3.05, 3.63) is 88.1 Å². The molecule has 160 valence electrons. The van der Waals surface area contributed by atoms with E-state index in [9.17, 15) is 19.5 Å². The third-order valence-corrected chi connectivity index (χ3v) is 4.79. The van der Waals surface area contributed by atoms with Crippen molar-refractivity contribution in [2.24, 2.45) is 5.73 Å². The second-order valence-corrected chi connectivity index (χ2v) is 7.51. The smallest absolute Gasteiger partial charge is 0.263 e. The Hall–Kier alpha value is -3.49. The van der Waals surface area contributed by atoms with Crippen molar-refractivity contribution in [3.63, 3.8) is 0 Å². The number of aliphatic hydroxyl groups is 1. The molecular formula is C22H19ClFN3O4. The number of nitrogens with zero attached hydrogens (tertiary/aromatic N) is 2. The summed E-state index contributed by atoms with van der Waals surface area (Å²) in [5, 5.41) is 11.0. The Labute approximate surface area is 182 Å². The van der Waals surface area contributed by atoms with Gasteiger partial charge in [0.25, 0.3) is 11.5 Å². The summed E-state index contributed by atoms with van der Waals surface area (Å²) >= 11 is 5.91. The minimum Gasteiger partial charge on any atom is -0.380 e. The van der Waals surface area contributed by atoms with Crippen LogP contribution < -0.4 is 16.2 Å². The summed E-state index contributed by atoms with van der Waals surface area (Å²) < 4.78 is 16.4. The second-order valence-electron chi connectivity index (χ2n) is 7.08. The van der Waals surface area contributed by atoms with Gasteiger partial charge in [-0.05, 0) is 49.4 Å². The highest BCUT2D eigenvalue weighted by molar-refractivity contribution is 6.30. The molecule has 0 fully saturated rings. The number of aromatic nitrogens is 1.